The van der Waals surface area contributed by atoms with E-state index in [2.05, 4.69) is 0 Å². The standard InChI is InChI=1S/C22H18O5/c1-27-19-11-18(25)21(22(26)12-2-5-14(23)6-3-12)17-8-4-13-10-15(24)7-9-16(13)20(17)19/h2-3,5-7,9-11,23-25H,4,8H2,1H3. The maximum absolute atomic E-state index is 13.1. The molecular weight excluding hydrogens is 344 g/mol. The van der Waals surface area contributed by atoms with E-state index in [1.807, 2.05) is 0 Å². The van der Waals surface area contributed by atoms with E-state index in [0.29, 0.717) is 24.2 Å². The molecule has 0 aromatic heterocycles. The van der Waals surface area contributed by atoms with Crippen LogP contribution >= 0.6 is 0 Å². The number of aryl methyl sites for hydroxylation is 1. The van der Waals surface area contributed by atoms with Gasteiger partial charge in [0.25, 0.3) is 0 Å². The third kappa shape index (κ3) is 2.77. The van der Waals surface area contributed by atoms with Crippen molar-refractivity contribution in [3.05, 3.63) is 70.8 Å². The highest BCUT2D eigenvalue weighted by atomic mass is 16.5. The van der Waals surface area contributed by atoms with Gasteiger partial charge in [0.2, 0.25) is 0 Å². The summed E-state index contributed by atoms with van der Waals surface area (Å²) in [6.07, 6.45) is 1.18. The minimum atomic E-state index is -0.311. The molecule has 0 fully saturated rings. The van der Waals surface area contributed by atoms with Crippen LogP contribution in [0.4, 0.5) is 0 Å². The first-order chi connectivity index (χ1) is 13.0. The number of rotatable bonds is 3. The summed E-state index contributed by atoms with van der Waals surface area (Å²) in [6, 6.07) is 12.5. The first kappa shape index (κ1) is 17.0. The van der Waals surface area contributed by atoms with Gasteiger partial charge in [-0.15, -0.1) is 0 Å². The molecule has 0 bridgehead atoms. The van der Waals surface area contributed by atoms with Gasteiger partial charge in [0.15, 0.2) is 5.78 Å². The van der Waals surface area contributed by atoms with Crippen LogP contribution in [0.5, 0.6) is 23.0 Å². The lowest BCUT2D eigenvalue weighted by atomic mass is 9.80. The number of benzene rings is 3. The Balaban J connectivity index is 1.95. The maximum atomic E-state index is 13.1. The summed E-state index contributed by atoms with van der Waals surface area (Å²) in [5.41, 5.74) is 3.96. The summed E-state index contributed by atoms with van der Waals surface area (Å²) in [4.78, 5) is 13.1. The summed E-state index contributed by atoms with van der Waals surface area (Å²) < 4.78 is 5.47. The van der Waals surface area contributed by atoms with Crippen LogP contribution in [0.2, 0.25) is 0 Å². The molecule has 0 heterocycles. The molecule has 0 radical (unpaired) electrons. The summed E-state index contributed by atoms with van der Waals surface area (Å²) in [5.74, 6) is 0.299. The lowest BCUT2D eigenvalue weighted by Gasteiger charge is -2.25. The van der Waals surface area contributed by atoms with E-state index in [-0.39, 0.29) is 28.6 Å². The average Bonchev–Trinajstić information content (AvgIpc) is 2.66. The zero-order valence-electron chi connectivity index (χ0n) is 14.7. The smallest absolute Gasteiger partial charge is 0.197 e. The van der Waals surface area contributed by atoms with Crippen molar-refractivity contribution in [3.63, 3.8) is 0 Å². The first-order valence-electron chi connectivity index (χ1n) is 8.58. The Bertz CT molecular complexity index is 1050. The van der Waals surface area contributed by atoms with Crippen LogP contribution in [0.3, 0.4) is 0 Å². The van der Waals surface area contributed by atoms with Crippen molar-refractivity contribution in [1.29, 1.82) is 0 Å². The lowest BCUT2D eigenvalue weighted by Crippen LogP contribution is -2.13. The highest BCUT2D eigenvalue weighted by molar-refractivity contribution is 6.13. The van der Waals surface area contributed by atoms with Crippen molar-refractivity contribution >= 4 is 5.78 Å². The molecule has 0 saturated heterocycles. The molecule has 0 atom stereocenters. The van der Waals surface area contributed by atoms with Gasteiger partial charge in [0.05, 0.1) is 12.7 Å². The summed E-state index contributed by atoms with van der Waals surface area (Å²) in [5, 5.41) is 29.8. The largest absolute Gasteiger partial charge is 0.508 e. The normalized spacial score (nSPS) is 12.2. The quantitative estimate of drug-likeness (QED) is 0.617. The number of methoxy groups -OCH3 is 1. The van der Waals surface area contributed by atoms with Gasteiger partial charge in [-0.2, -0.15) is 0 Å². The Morgan fingerprint density at radius 3 is 2.33 bits per heavy atom. The topological polar surface area (TPSA) is 87.0 Å². The third-order valence-electron chi connectivity index (χ3n) is 4.95. The highest BCUT2D eigenvalue weighted by Crippen LogP contribution is 2.46. The van der Waals surface area contributed by atoms with Gasteiger partial charge < -0.3 is 20.1 Å². The fourth-order valence-corrected chi connectivity index (χ4v) is 3.70. The average molecular weight is 362 g/mol. The van der Waals surface area contributed by atoms with E-state index in [1.54, 1.807) is 18.2 Å². The van der Waals surface area contributed by atoms with Crippen LogP contribution in [0, 0.1) is 0 Å². The predicted octanol–water partition coefficient (Wildman–Crippen LogP) is 3.81. The van der Waals surface area contributed by atoms with Gasteiger partial charge in [-0.1, -0.05) is 6.07 Å². The van der Waals surface area contributed by atoms with Crippen LogP contribution in [0.25, 0.3) is 11.1 Å². The van der Waals surface area contributed by atoms with Crippen molar-refractivity contribution in [2.24, 2.45) is 0 Å². The maximum Gasteiger partial charge on any atom is 0.197 e. The van der Waals surface area contributed by atoms with Crippen molar-refractivity contribution < 1.29 is 24.9 Å². The fraction of sp³-hybridized carbons (Fsp3) is 0.136. The van der Waals surface area contributed by atoms with Gasteiger partial charge in [-0.3, -0.25) is 4.79 Å². The highest BCUT2D eigenvalue weighted by Gasteiger charge is 2.28. The van der Waals surface area contributed by atoms with Crippen LogP contribution in [0.1, 0.15) is 27.0 Å². The molecule has 3 N–H and O–H groups in total. The van der Waals surface area contributed by atoms with Crippen molar-refractivity contribution in [1.82, 2.24) is 0 Å². The zero-order valence-corrected chi connectivity index (χ0v) is 14.7. The monoisotopic (exact) mass is 362 g/mol. The van der Waals surface area contributed by atoms with Gasteiger partial charge in [0.1, 0.15) is 23.0 Å². The molecule has 136 valence electrons. The molecule has 3 aromatic rings. The molecule has 5 heteroatoms. The molecule has 27 heavy (non-hydrogen) atoms. The van der Waals surface area contributed by atoms with Crippen LogP contribution < -0.4 is 4.74 Å². The van der Waals surface area contributed by atoms with Gasteiger partial charge in [-0.05, 0) is 65.9 Å². The Hall–Kier alpha value is -3.47. The number of aromatic hydroxyl groups is 3. The molecule has 5 nitrogen and oxygen atoms in total. The van der Waals surface area contributed by atoms with E-state index in [1.165, 1.54) is 37.4 Å². The Morgan fingerprint density at radius 1 is 0.926 bits per heavy atom. The van der Waals surface area contributed by atoms with E-state index in [9.17, 15) is 20.1 Å². The number of phenolic OH excluding ortho intramolecular Hbond substituents is 3. The number of carbonyl (C=O) groups excluding carboxylic acids is 1. The molecule has 3 aromatic carbocycles. The molecular formula is C22H18O5. The molecule has 0 saturated carbocycles. The number of fused-ring (bicyclic) bond motifs is 3. The van der Waals surface area contributed by atoms with Gasteiger partial charge in [-0.25, -0.2) is 0 Å². The van der Waals surface area contributed by atoms with Crippen LogP contribution in [-0.4, -0.2) is 28.2 Å². The molecule has 0 spiro atoms. The second kappa shape index (κ2) is 6.36. The van der Waals surface area contributed by atoms with E-state index in [4.69, 9.17) is 4.74 Å². The number of ether oxygens (including phenoxy) is 1. The molecule has 0 amide bonds. The summed E-state index contributed by atoms with van der Waals surface area (Å²) in [7, 11) is 1.52. The predicted molar refractivity (Wildman–Crippen MR) is 101 cm³/mol. The number of phenols is 3. The minimum Gasteiger partial charge on any atom is -0.508 e. The first-order valence-corrected chi connectivity index (χ1v) is 8.58. The molecule has 4 rings (SSSR count). The fourth-order valence-electron chi connectivity index (χ4n) is 3.70. The van der Waals surface area contributed by atoms with E-state index in [0.717, 1.165) is 22.3 Å². The van der Waals surface area contributed by atoms with Gasteiger partial charge >= 0.3 is 0 Å². The van der Waals surface area contributed by atoms with E-state index >= 15 is 0 Å². The van der Waals surface area contributed by atoms with Crippen molar-refractivity contribution in [3.8, 4) is 34.1 Å². The lowest BCUT2D eigenvalue weighted by molar-refractivity contribution is 0.103. The van der Waals surface area contributed by atoms with E-state index < -0.39 is 0 Å². The minimum absolute atomic E-state index is 0.0706. The summed E-state index contributed by atoms with van der Waals surface area (Å²) in [6.45, 7) is 0. The van der Waals surface area contributed by atoms with Crippen molar-refractivity contribution in [2.45, 2.75) is 12.8 Å². The second-order valence-corrected chi connectivity index (χ2v) is 6.54. The Labute approximate surface area is 156 Å². The molecule has 0 unspecified atom stereocenters. The number of hydrogen-bond donors (Lipinski definition) is 3. The molecule has 1 aliphatic rings. The Kier molecular flexibility index (Phi) is 4.00. The van der Waals surface area contributed by atoms with Crippen LogP contribution in [-0.2, 0) is 12.8 Å². The SMILES string of the molecule is COc1cc(O)c(C(=O)c2ccc(O)cc2)c2c1-c1ccc(O)cc1CC2. The molecule has 1 aliphatic carbocycles. The summed E-state index contributed by atoms with van der Waals surface area (Å²) >= 11 is 0. The molecule has 0 aliphatic heterocycles. The number of ketones is 1. The number of hydrogen-bond acceptors (Lipinski definition) is 5. The van der Waals surface area contributed by atoms with Crippen LogP contribution in [0.15, 0.2) is 48.5 Å². The number of carbonyl (C=O) groups is 1. The van der Waals surface area contributed by atoms with Gasteiger partial charge in [0, 0.05) is 17.2 Å². The van der Waals surface area contributed by atoms with Crippen molar-refractivity contribution in [2.75, 3.05) is 7.11 Å². The zero-order chi connectivity index (χ0) is 19.1. The Morgan fingerprint density at radius 2 is 1.63 bits per heavy atom. The second-order valence-electron chi connectivity index (χ2n) is 6.54. The third-order valence-corrected chi connectivity index (χ3v) is 4.95.